The van der Waals surface area contributed by atoms with E-state index >= 15 is 0 Å². The van der Waals surface area contributed by atoms with Crippen LogP contribution in [0.4, 0.5) is 0 Å². The number of rotatable bonds is 1. The summed E-state index contributed by atoms with van der Waals surface area (Å²) >= 11 is 0. The molecule has 0 saturated heterocycles. The summed E-state index contributed by atoms with van der Waals surface area (Å²) in [5.74, 6) is 0. The van der Waals surface area contributed by atoms with Gasteiger partial charge in [0, 0.05) is 5.56 Å². The van der Waals surface area contributed by atoms with Gasteiger partial charge in [-0.3, -0.25) is 4.79 Å². The normalized spacial score (nSPS) is 14.4. The summed E-state index contributed by atoms with van der Waals surface area (Å²) in [6, 6.07) is 32.1. The maximum Gasteiger partial charge on any atom is 0.150 e. The highest BCUT2D eigenvalue weighted by Crippen LogP contribution is 2.62. The molecule has 6 rings (SSSR count). The molecule has 2 aliphatic carbocycles. The molecule has 0 N–H and O–H groups in total. The minimum absolute atomic E-state index is 0.349. The molecule has 0 amide bonds. The van der Waals surface area contributed by atoms with Crippen molar-refractivity contribution in [2.45, 2.75) is 5.41 Å². The van der Waals surface area contributed by atoms with E-state index in [2.05, 4.69) is 78.9 Å². The molecule has 4 aromatic carbocycles. The van der Waals surface area contributed by atoms with Crippen molar-refractivity contribution in [1.29, 1.82) is 0 Å². The first-order chi connectivity index (χ1) is 13.4. The van der Waals surface area contributed by atoms with Crippen LogP contribution < -0.4 is 0 Å². The predicted octanol–water partition coefficient (Wildman–Crippen LogP) is 5.84. The molecular formula is C26H16O. The Hall–Kier alpha value is -3.45. The van der Waals surface area contributed by atoms with E-state index in [0.717, 1.165) is 17.4 Å². The molecule has 126 valence electrons. The third-order valence-corrected chi connectivity index (χ3v) is 6.18. The lowest BCUT2D eigenvalue weighted by atomic mass is 9.70. The van der Waals surface area contributed by atoms with Crippen LogP contribution in [0.5, 0.6) is 0 Å². The Morgan fingerprint density at radius 1 is 0.519 bits per heavy atom. The van der Waals surface area contributed by atoms with Crippen molar-refractivity contribution in [1.82, 2.24) is 0 Å². The van der Waals surface area contributed by atoms with Gasteiger partial charge in [0.05, 0.1) is 5.41 Å². The molecule has 4 aromatic rings. The van der Waals surface area contributed by atoms with Gasteiger partial charge < -0.3 is 0 Å². The quantitative estimate of drug-likeness (QED) is 0.342. The summed E-state index contributed by atoms with van der Waals surface area (Å²) in [6.45, 7) is 0. The largest absolute Gasteiger partial charge is 0.298 e. The Labute approximate surface area is 157 Å². The van der Waals surface area contributed by atoms with Crippen molar-refractivity contribution in [3.05, 3.63) is 119 Å². The Balaban J connectivity index is 1.89. The third kappa shape index (κ3) is 1.58. The number of aldehydes is 1. The van der Waals surface area contributed by atoms with Gasteiger partial charge in [0.1, 0.15) is 0 Å². The monoisotopic (exact) mass is 344 g/mol. The topological polar surface area (TPSA) is 17.1 Å². The summed E-state index contributed by atoms with van der Waals surface area (Å²) in [5.41, 5.74) is 10.3. The fourth-order valence-corrected chi connectivity index (χ4v) is 5.27. The molecule has 0 aliphatic heterocycles. The highest BCUT2D eigenvalue weighted by molar-refractivity contribution is 6.00. The molecule has 0 heterocycles. The molecule has 0 unspecified atom stereocenters. The van der Waals surface area contributed by atoms with Gasteiger partial charge >= 0.3 is 0 Å². The smallest absolute Gasteiger partial charge is 0.150 e. The van der Waals surface area contributed by atoms with E-state index in [1.807, 2.05) is 12.1 Å². The van der Waals surface area contributed by atoms with Crippen LogP contribution in [-0.2, 0) is 5.41 Å². The van der Waals surface area contributed by atoms with Crippen LogP contribution in [0.25, 0.3) is 22.3 Å². The minimum atomic E-state index is -0.349. The van der Waals surface area contributed by atoms with E-state index in [1.165, 1.54) is 38.9 Å². The van der Waals surface area contributed by atoms with E-state index in [-0.39, 0.29) is 5.41 Å². The number of carbonyl (C=O) groups excluding carboxylic acids is 1. The number of hydrogen-bond acceptors (Lipinski definition) is 1. The zero-order valence-corrected chi connectivity index (χ0v) is 14.6. The molecule has 0 radical (unpaired) electrons. The molecule has 2 aliphatic rings. The Morgan fingerprint density at radius 3 is 1.59 bits per heavy atom. The summed E-state index contributed by atoms with van der Waals surface area (Å²) in [4.78, 5) is 11.9. The average molecular weight is 344 g/mol. The first-order valence-electron chi connectivity index (χ1n) is 9.25. The number of hydrogen-bond donors (Lipinski definition) is 0. The number of fused-ring (bicyclic) bond motifs is 10. The van der Waals surface area contributed by atoms with Crippen molar-refractivity contribution in [3.8, 4) is 22.3 Å². The lowest BCUT2D eigenvalue weighted by Crippen LogP contribution is -2.25. The van der Waals surface area contributed by atoms with Crippen LogP contribution >= 0.6 is 0 Å². The standard InChI is InChI=1S/C26H16O/c27-16-17-8-7-15-24-25(17)20-11-3-6-14-23(20)26(24)21-12-4-1-9-18(21)19-10-2-5-13-22(19)26/h1-16H. The number of carbonyl (C=O) groups is 1. The van der Waals surface area contributed by atoms with Crippen LogP contribution in [0.15, 0.2) is 91.0 Å². The van der Waals surface area contributed by atoms with Crippen molar-refractivity contribution in [2.75, 3.05) is 0 Å². The predicted molar refractivity (Wildman–Crippen MR) is 108 cm³/mol. The molecular weight excluding hydrogens is 328 g/mol. The van der Waals surface area contributed by atoms with Gasteiger partial charge in [0.15, 0.2) is 6.29 Å². The SMILES string of the molecule is O=Cc1cccc2c1-c1ccccc1C21c2ccccc2-c2ccccc21. The molecule has 1 heteroatoms. The first-order valence-corrected chi connectivity index (χ1v) is 9.25. The molecule has 0 atom stereocenters. The zero-order chi connectivity index (χ0) is 18.0. The van der Waals surface area contributed by atoms with Crippen LogP contribution in [0.2, 0.25) is 0 Å². The Morgan fingerprint density at radius 2 is 1.00 bits per heavy atom. The zero-order valence-electron chi connectivity index (χ0n) is 14.6. The van der Waals surface area contributed by atoms with Crippen LogP contribution in [0.3, 0.4) is 0 Å². The highest BCUT2D eigenvalue weighted by atomic mass is 16.1. The Bertz CT molecular complexity index is 1200. The molecule has 27 heavy (non-hydrogen) atoms. The van der Waals surface area contributed by atoms with Gasteiger partial charge in [0.25, 0.3) is 0 Å². The van der Waals surface area contributed by atoms with Crippen molar-refractivity contribution in [3.63, 3.8) is 0 Å². The fourth-order valence-electron chi connectivity index (χ4n) is 5.27. The van der Waals surface area contributed by atoms with Crippen molar-refractivity contribution < 1.29 is 4.79 Å². The van der Waals surface area contributed by atoms with Gasteiger partial charge in [-0.25, -0.2) is 0 Å². The van der Waals surface area contributed by atoms with E-state index < -0.39 is 0 Å². The molecule has 0 saturated carbocycles. The van der Waals surface area contributed by atoms with Gasteiger partial charge in [-0.1, -0.05) is 91.0 Å². The van der Waals surface area contributed by atoms with E-state index in [0.29, 0.717) is 0 Å². The second-order valence-electron chi connectivity index (χ2n) is 7.27. The molecule has 1 spiro atoms. The second-order valence-corrected chi connectivity index (χ2v) is 7.27. The average Bonchev–Trinajstić information content (AvgIpc) is 3.21. The second kappa shape index (κ2) is 5.05. The van der Waals surface area contributed by atoms with Crippen LogP contribution in [0.1, 0.15) is 32.6 Å². The summed E-state index contributed by atoms with van der Waals surface area (Å²) in [5, 5.41) is 0. The van der Waals surface area contributed by atoms with E-state index in [9.17, 15) is 4.79 Å². The van der Waals surface area contributed by atoms with Crippen LogP contribution in [-0.4, -0.2) is 6.29 Å². The van der Waals surface area contributed by atoms with Crippen molar-refractivity contribution in [2.24, 2.45) is 0 Å². The lowest BCUT2D eigenvalue weighted by molar-refractivity contribution is 0.112. The molecule has 0 bridgehead atoms. The van der Waals surface area contributed by atoms with Gasteiger partial charge in [-0.05, 0) is 44.5 Å². The van der Waals surface area contributed by atoms with E-state index in [4.69, 9.17) is 0 Å². The molecule has 1 nitrogen and oxygen atoms in total. The van der Waals surface area contributed by atoms with Gasteiger partial charge in [-0.15, -0.1) is 0 Å². The third-order valence-electron chi connectivity index (χ3n) is 6.18. The summed E-state index contributed by atoms with van der Waals surface area (Å²) in [7, 11) is 0. The summed E-state index contributed by atoms with van der Waals surface area (Å²) < 4.78 is 0. The lowest BCUT2D eigenvalue weighted by Gasteiger charge is -2.30. The maximum absolute atomic E-state index is 11.9. The Kier molecular flexibility index (Phi) is 2.75. The maximum atomic E-state index is 11.9. The van der Waals surface area contributed by atoms with Crippen molar-refractivity contribution >= 4 is 6.29 Å². The van der Waals surface area contributed by atoms with Gasteiger partial charge in [-0.2, -0.15) is 0 Å². The minimum Gasteiger partial charge on any atom is -0.298 e. The molecule has 0 fully saturated rings. The number of benzene rings is 4. The van der Waals surface area contributed by atoms with Gasteiger partial charge in [0.2, 0.25) is 0 Å². The summed E-state index contributed by atoms with van der Waals surface area (Å²) in [6.07, 6.45) is 0.987. The van der Waals surface area contributed by atoms with E-state index in [1.54, 1.807) is 0 Å². The fraction of sp³-hybridized carbons (Fsp3) is 0.0385. The first kappa shape index (κ1) is 14.7. The highest BCUT2D eigenvalue weighted by Gasteiger charge is 2.51. The molecule has 0 aromatic heterocycles. The van der Waals surface area contributed by atoms with Crippen LogP contribution in [0, 0.1) is 0 Å².